The van der Waals surface area contributed by atoms with Crippen molar-refractivity contribution in [3.8, 4) is 11.1 Å². The maximum Gasteiger partial charge on any atom is 0.258 e. The van der Waals surface area contributed by atoms with Crippen molar-refractivity contribution in [1.29, 1.82) is 0 Å². The van der Waals surface area contributed by atoms with E-state index in [1.807, 2.05) is 57.3 Å². The van der Waals surface area contributed by atoms with Gasteiger partial charge in [-0.3, -0.25) is 9.78 Å². The molecular formula is C26H32N4O3. The van der Waals surface area contributed by atoms with Crippen molar-refractivity contribution < 1.29 is 9.47 Å². The number of nitrogens with one attached hydrogen (secondary N) is 1. The van der Waals surface area contributed by atoms with Gasteiger partial charge in [0.2, 0.25) is 5.90 Å². The summed E-state index contributed by atoms with van der Waals surface area (Å²) in [7, 11) is 3.45. The van der Waals surface area contributed by atoms with Crippen LogP contribution in [0.4, 0.5) is 5.69 Å². The molecule has 0 spiro atoms. The fourth-order valence-electron chi connectivity index (χ4n) is 4.33. The summed E-state index contributed by atoms with van der Waals surface area (Å²) in [5, 5.41) is 4.35. The summed E-state index contributed by atoms with van der Waals surface area (Å²) < 4.78 is 13.0. The Morgan fingerprint density at radius 3 is 2.79 bits per heavy atom. The fraction of sp³-hybridized carbons (Fsp3) is 0.423. The van der Waals surface area contributed by atoms with E-state index >= 15 is 0 Å². The molecule has 0 amide bonds. The summed E-state index contributed by atoms with van der Waals surface area (Å²) in [5.41, 5.74) is 5.19. The van der Waals surface area contributed by atoms with E-state index in [-0.39, 0.29) is 17.8 Å². The fourth-order valence-corrected chi connectivity index (χ4v) is 4.33. The van der Waals surface area contributed by atoms with Gasteiger partial charge in [0.25, 0.3) is 5.56 Å². The first-order valence-corrected chi connectivity index (χ1v) is 11.4. The molecule has 1 aliphatic rings. The SMILES string of the molecule is COC(=NC(C)Nc1ccc(C)c(-c2cc3cnc(C)cc3n(C)c2=O)c1)[C@@H]1CCCCO1. The molecule has 0 radical (unpaired) electrons. The minimum Gasteiger partial charge on any atom is -0.482 e. The van der Waals surface area contributed by atoms with Crippen LogP contribution in [0.25, 0.3) is 22.0 Å². The highest BCUT2D eigenvalue weighted by Crippen LogP contribution is 2.27. The number of pyridine rings is 2. The Morgan fingerprint density at radius 1 is 1.24 bits per heavy atom. The molecule has 1 unspecified atom stereocenters. The van der Waals surface area contributed by atoms with Crippen molar-refractivity contribution in [2.24, 2.45) is 12.0 Å². The van der Waals surface area contributed by atoms with Crippen molar-refractivity contribution in [3.05, 3.63) is 58.1 Å². The topological polar surface area (TPSA) is 77.7 Å². The molecular weight excluding hydrogens is 416 g/mol. The van der Waals surface area contributed by atoms with Crippen LogP contribution in [-0.2, 0) is 16.5 Å². The number of methoxy groups -OCH3 is 1. The second-order valence-electron chi connectivity index (χ2n) is 8.68. The van der Waals surface area contributed by atoms with Gasteiger partial charge >= 0.3 is 0 Å². The van der Waals surface area contributed by atoms with Crippen molar-refractivity contribution in [2.45, 2.75) is 52.3 Å². The molecule has 1 N–H and O–H groups in total. The number of ether oxygens (including phenoxy) is 2. The zero-order valence-electron chi connectivity index (χ0n) is 20.0. The van der Waals surface area contributed by atoms with Gasteiger partial charge in [-0.05, 0) is 75.4 Å². The number of aromatic nitrogens is 2. The lowest BCUT2D eigenvalue weighted by atomic mass is 9.99. The Balaban J connectivity index is 1.65. The molecule has 7 nitrogen and oxygen atoms in total. The van der Waals surface area contributed by atoms with Gasteiger partial charge in [0.05, 0.1) is 12.6 Å². The number of anilines is 1. The zero-order chi connectivity index (χ0) is 23.5. The second-order valence-corrected chi connectivity index (χ2v) is 8.68. The molecule has 1 aromatic carbocycles. The van der Waals surface area contributed by atoms with E-state index in [2.05, 4.69) is 10.3 Å². The lowest BCUT2D eigenvalue weighted by molar-refractivity contribution is 0.0449. The van der Waals surface area contributed by atoms with Crippen molar-refractivity contribution >= 4 is 22.5 Å². The Hall–Kier alpha value is -3.19. The molecule has 3 aromatic rings. The van der Waals surface area contributed by atoms with Gasteiger partial charge in [-0.2, -0.15) is 0 Å². The van der Waals surface area contributed by atoms with Gasteiger partial charge in [-0.1, -0.05) is 6.07 Å². The molecule has 1 aliphatic heterocycles. The smallest absolute Gasteiger partial charge is 0.258 e. The van der Waals surface area contributed by atoms with Crippen molar-refractivity contribution in [3.63, 3.8) is 0 Å². The number of nitrogens with zero attached hydrogens (tertiary/aromatic N) is 3. The summed E-state index contributed by atoms with van der Waals surface area (Å²) in [5.74, 6) is 0.619. The zero-order valence-corrected chi connectivity index (χ0v) is 20.0. The van der Waals surface area contributed by atoms with Crippen LogP contribution in [0.2, 0.25) is 0 Å². The van der Waals surface area contributed by atoms with Gasteiger partial charge in [0.1, 0.15) is 12.3 Å². The quantitative estimate of drug-likeness (QED) is 0.456. The minimum atomic E-state index is -0.215. The van der Waals surface area contributed by atoms with Crippen LogP contribution in [0.1, 0.15) is 37.4 Å². The lowest BCUT2D eigenvalue weighted by Gasteiger charge is -2.24. The van der Waals surface area contributed by atoms with E-state index in [0.29, 0.717) is 11.5 Å². The highest BCUT2D eigenvalue weighted by Gasteiger charge is 2.21. The molecule has 3 heterocycles. The Morgan fingerprint density at radius 2 is 2.06 bits per heavy atom. The molecule has 1 saturated heterocycles. The number of hydrogen-bond acceptors (Lipinski definition) is 6. The van der Waals surface area contributed by atoms with Gasteiger partial charge < -0.3 is 19.4 Å². The Bertz CT molecular complexity index is 1240. The molecule has 174 valence electrons. The summed E-state index contributed by atoms with van der Waals surface area (Å²) in [4.78, 5) is 22.3. The van der Waals surface area contributed by atoms with Gasteiger partial charge in [-0.15, -0.1) is 0 Å². The third-order valence-corrected chi connectivity index (χ3v) is 6.13. The minimum absolute atomic E-state index is 0.0319. The molecule has 0 aliphatic carbocycles. The number of hydrogen-bond donors (Lipinski definition) is 1. The predicted molar refractivity (Wildman–Crippen MR) is 133 cm³/mol. The first kappa shape index (κ1) is 23.0. The molecule has 4 rings (SSSR count). The predicted octanol–water partition coefficient (Wildman–Crippen LogP) is 4.59. The molecule has 7 heteroatoms. The molecule has 2 atom stereocenters. The summed E-state index contributed by atoms with van der Waals surface area (Å²) in [6.45, 7) is 6.66. The van der Waals surface area contributed by atoms with Gasteiger partial charge in [0.15, 0.2) is 0 Å². The second kappa shape index (κ2) is 9.75. The standard InChI is InChI=1S/C26H32N4O3/c1-16-9-10-20(28-18(3)29-25(32-5)24-8-6-7-11-33-24)14-21(16)22-13-19-15-27-17(2)12-23(19)30(4)26(22)31/h9-10,12-15,18,24,28H,6-8,11H2,1-5H3/t18?,24-/m0/s1. The number of rotatable bonds is 5. The Kier molecular flexibility index (Phi) is 6.79. The highest BCUT2D eigenvalue weighted by molar-refractivity contribution is 5.85. The van der Waals surface area contributed by atoms with Crippen LogP contribution in [0.15, 0.2) is 46.3 Å². The van der Waals surface area contributed by atoms with E-state index < -0.39 is 0 Å². The maximum atomic E-state index is 13.2. The largest absolute Gasteiger partial charge is 0.482 e. The first-order valence-electron chi connectivity index (χ1n) is 11.4. The van der Waals surface area contributed by atoms with Crippen molar-refractivity contribution in [2.75, 3.05) is 19.0 Å². The van der Waals surface area contributed by atoms with E-state index in [4.69, 9.17) is 14.5 Å². The molecule has 0 bridgehead atoms. The van der Waals surface area contributed by atoms with E-state index in [0.717, 1.165) is 59.3 Å². The van der Waals surface area contributed by atoms with Crippen LogP contribution in [0, 0.1) is 13.8 Å². The third kappa shape index (κ3) is 4.93. The van der Waals surface area contributed by atoms with Crippen LogP contribution in [0.3, 0.4) is 0 Å². The van der Waals surface area contributed by atoms with E-state index in [9.17, 15) is 4.79 Å². The average Bonchev–Trinajstić information content (AvgIpc) is 2.82. The number of fused-ring (bicyclic) bond motifs is 1. The highest BCUT2D eigenvalue weighted by atomic mass is 16.5. The number of benzene rings is 1. The molecule has 33 heavy (non-hydrogen) atoms. The van der Waals surface area contributed by atoms with Crippen LogP contribution in [-0.4, -0.2) is 41.4 Å². The number of aryl methyl sites for hydroxylation is 3. The van der Waals surface area contributed by atoms with Crippen LogP contribution >= 0.6 is 0 Å². The number of aliphatic imine (C=N–C) groups is 1. The van der Waals surface area contributed by atoms with Crippen LogP contribution in [0.5, 0.6) is 0 Å². The van der Waals surface area contributed by atoms with E-state index in [1.165, 1.54) is 0 Å². The van der Waals surface area contributed by atoms with Crippen LogP contribution < -0.4 is 10.9 Å². The van der Waals surface area contributed by atoms with Gasteiger partial charge in [0, 0.05) is 42.2 Å². The third-order valence-electron chi connectivity index (χ3n) is 6.13. The summed E-state index contributed by atoms with van der Waals surface area (Å²) in [6.07, 6.45) is 4.64. The normalized spacial score (nSPS) is 17.7. The lowest BCUT2D eigenvalue weighted by Crippen LogP contribution is -2.31. The van der Waals surface area contributed by atoms with Crippen molar-refractivity contribution in [1.82, 2.24) is 9.55 Å². The summed E-state index contributed by atoms with van der Waals surface area (Å²) >= 11 is 0. The monoisotopic (exact) mass is 448 g/mol. The average molecular weight is 449 g/mol. The van der Waals surface area contributed by atoms with E-state index in [1.54, 1.807) is 18.7 Å². The first-order chi connectivity index (χ1) is 15.9. The summed E-state index contributed by atoms with van der Waals surface area (Å²) in [6, 6.07) is 9.91. The molecule has 2 aromatic heterocycles. The van der Waals surface area contributed by atoms with Gasteiger partial charge in [-0.25, -0.2) is 4.99 Å². The Labute approximate surface area is 194 Å². The molecule has 0 saturated carbocycles. The maximum absolute atomic E-state index is 13.2. The molecule has 1 fully saturated rings.